The number of carbonyl (C=O) groups is 1. The molecule has 3 aromatic rings. The van der Waals surface area contributed by atoms with E-state index in [0.717, 1.165) is 10.8 Å². The fraction of sp³-hybridized carbons (Fsp3) is 0.200. The lowest BCUT2D eigenvalue weighted by atomic mass is 10.1. The van der Waals surface area contributed by atoms with Gasteiger partial charge in [-0.05, 0) is 52.6 Å². The van der Waals surface area contributed by atoms with Gasteiger partial charge in [-0.25, -0.2) is 0 Å². The fourth-order valence-corrected chi connectivity index (χ4v) is 2.93. The summed E-state index contributed by atoms with van der Waals surface area (Å²) in [5.74, 6) is 1.10. The molecule has 0 aromatic heterocycles. The Bertz CT molecular complexity index is 1130. The van der Waals surface area contributed by atoms with Crippen molar-refractivity contribution in [1.29, 1.82) is 5.26 Å². The number of ether oxygens (including phenoxy) is 2. The number of benzene rings is 3. The minimum absolute atomic E-state index is 0.000982. The van der Waals surface area contributed by atoms with Gasteiger partial charge in [-0.1, -0.05) is 50.2 Å². The third-order valence-electron chi connectivity index (χ3n) is 4.44. The van der Waals surface area contributed by atoms with Crippen LogP contribution in [-0.4, -0.2) is 19.6 Å². The van der Waals surface area contributed by atoms with E-state index in [4.69, 9.17) is 9.47 Å². The van der Waals surface area contributed by atoms with Gasteiger partial charge in [-0.2, -0.15) is 5.26 Å². The van der Waals surface area contributed by atoms with E-state index in [1.807, 2.05) is 48.5 Å². The molecule has 0 aliphatic heterocycles. The lowest BCUT2D eigenvalue weighted by Gasteiger charge is -2.13. The number of hydrogen-bond acceptors (Lipinski definition) is 4. The first-order chi connectivity index (χ1) is 14.5. The molecule has 0 saturated heterocycles. The summed E-state index contributed by atoms with van der Waals surface area (Å²) in [6.45, 7) is 4.71. The SMILES string of the molecule is COc1cc(/C=C(/C#N)C(=O)Nc2ccc3ccccc3c2)ccc1OCC(C)C. The van der Waals surface area contributed by atoms with Gasteiger partial charge in [-0.15, -0.1) is 0 Å². The number of fused-ring (bicyclic) bond motifs is 1. The van der Waals surface area contributed by atoms with Crippen LogP contribution in [-0.2, 0) is 4.79 Å². The van der Waals surface area contributed by atoms with E-state index >= 15 is 0 Å². The third-order valence-corrected chi connectivity index (χ3v) is 4.44. The molecule has 5 heteroatoms. The first-order valence-electron chi connectivity index (χ1n) is 9.73. The number of methoxy groups -OCH3 is 1. The number of nitrogens with one attached hydrogen (secondary N) is 1. The maximum absolute atomic E-state index is 12.6. The van der Waals surface area contributed by atoms with Crippen molar-refractivity contribution in [3.63, 3.8) is 0 Å². The molecular formula is C25H24N2O3. The Morgan fingerprint density at radius 2 is 1.83 bits per heavy atom. The highest BCUT2D eigenvalue weighted by atomic mass is 16.5. The highest BCUT2D eigenvalue weighted by Crippen LogP contribution is 2.29. The molecule has 0 fully saturated rings. The van der Waals surface area contributed by atoms with Crippen LogP contribution in [0.1, 0.15) is 19.4 Å². The summed E-state index contributed by atoms with van der Waals surface area (Å²) >= 11 is 0. The van der Waals surface area contributed by atoms with E-state index in [1.54, 1.807) is 25.3 Å². The summed E-state index contributed by atoms with van der Waals surface area (Å²) in [5, 5.41) is 14.4. The summed E-state index contributed by atoms with van der Waals surface area (Å²) in [6, 6.07) is 20.8. The number of carbonyl (C=O) groups excluding carboxylic acids is 1. The highest BCUT2D eigenvalue weighted by molar-refractivity contribution is 6.10. The number of amides is 1. The molecule has 0 bridgehead atoms. The summed E-state index contributed by atoms with van der Waals surface area (Å²) < 4.78 is 11.1. The van der Waals surface area contributed by atoms with Gasteiger partial charge < -0.3 is 14.8 Å². The van der Waals surface area contributed by atoms with Crippen LogP contribution in [0.25, 0.3) is 16.8 Å². The second-order valence-electron chi connectivity index (χ2n) is 7.30. The summed E-state index contributed by atoms with van der Waals surface area (Å²) in [5.41, 5.74) is 1.31. The molecule has 5 nitrogen and oxygen atoms in total. The van der Waals surface area contributed by atoms with E-state index < -0.39 is 5.91 Å². The van der Waals surface area contributed by atoms with Crippen LogP contribution in [0.15, 0.2) is 66.2 Å². The molecule has 0 radical (unpaired) electrons. The van der Waals surface area contributed by atoms with Crippen LogP contribution < -0.4 is 14.8 Å². The van der Waals surface area contributed by atoms with Gasteiger partial charge in [-0.3, -0.25) is 4.79 Å². The Kier molecular flexibility index (Phi) is 6.71. The van der Waals surface area contributed by atoms with Crippen LogP contribution in [0.4, 0.5) is 5.69 Å². The molecule has 0 spiro atoms. The molecule has 30 heavy (non-hydrogen) atoms. The molecule has 1 amide bonds. The quantitative estimate of drug-likeness (QED) is 0.424. The van der Waals surface area contributed by atoms with E-state index in [-0.39, 0.29) is 5.57 Å². The van der Waals surface area contributed by atoms with Crippen molar-refractivity contribution in [2.75, 3.05) is 19.0 Å². The Morgan fingerprint density at radius 1 is 1.07 bits per heavy atom. The van der Waals surface area contributed by atoms with Crippen LogP contribution in [0.3, 0.4) is 0 Å². The second-order valence-corrected chi connectivity index (χ2v) is 7.30. The van der Waals surface area contributed by atoms with E-state index in [9.17, 15) is 10.1 Å². The van der Waals surface area contributed by atoms with E-state index in [2.05, 4.69) is 19.2 Å². The summed E-state index contributed by atoms with van der Waals surface area (Å²) in [7, 11) is 1.56. The lowest BCUT2D eigenvalue weighted by molar-refractivity contribution is -0.112. The lowest BCUT2D eigenvalue weighted by Crippen LogP contribution is -2.13. The monoisotopic (exact) mass is 400 g/mol. The predicted molar refractivity (Wildman–Crippen MR) is 119 cm³/mol. The smallest absolute Gasteiger partial charge is 0.266 e. The zero-order chi connectivity index (χ0) is 21.5. The van der Waals surface area contributed by atoms with Crippen molar-refractivity contribution in [3.05, 3.63) is 71.8 Å². The van der Waals surface area contributed by atoms with Crippen molar-refractivity contribution in [2.45, 2.75) is 13.8 Å². The van der Waals surface area contributed by atoms with Crippen molar-refractivity contribution < 1.29 is 14.3 Å². The highest BCUT2D eigenvalue weighted by Gasteiger charge is 2.12. The molecule has 0 aliphatic rings. The maximum atomic E-state index is 12.6. The van der Waals surface area contributed by atoms with Gasteiger partial charge in [0.05, 0.1) is 13.7 Å². The van der Waals surface area contributed by atoms with Gasteiger partial charge in [0.25, 0.3) is 5.91 Å². The minimum atomic E-state index is -0.466. The second kappa shape index (κ2) is 9.62. The Hall–Kier alpha value is -3.78. The predicted octanol–water partition coefficient (Wildman–Crippen LogP) is 5.43. The van der Waals surface area contributed by atoms with Crippen molar-refractivity contribution in [2.24, 2.45) is 5.92 Å². The molecule has 0 aliphatic carbocycles. The first-order valence-corrected chi connectivity index (χ1v) is 9.73. The van der Waals surface area contributed by atoms with Crippen molar-refractivity contribution in [1.82, 2.24) is 0 Å². The van der Waals surface area contributed by atoms with Crippen LogP contribution in [0, 0.1) is 17.2 Å². The first kappa shape index (κ1) is 20.9. The molecule has 0 unspecified atom stereocenters. The van der Waals surface area contributed by atoms with Crippen LogP contribution >= 0.6 is 0 Å². The van der Waals surface area contributed by atoms with E-state index in [0.29, 0.717) is 35.3 Å². The van der Waals surface area contributed by atoms with Gasteiger partial charge in [0.1, 0.15) is 11.6 Å². The Labute approximate surface area is 176 Å². The zero-order valence-corrected chi connectivity index (χ0v) is 17.3. The molecule has 3 aromatic carbocycles. The minimum Gasteiger partial charge on any atom is -0.493 e. The topological polar surface area (TPSA) is 71.3 Å². The average molecular weight is 400 g/mol. The number of nitrogens with zero attached hydrogens (tertiary/aromatic N) is 1. The van der Waals surface area contributed by atoms with E-state index in [1.165, 1.54) is 6.08 Å². The number of nitriles is 1. The van der Waals surface area contributed by atoms with Crippen LogP contribution in [0.5, 0.6) is 11.5 Å². The van der Waals surface area contributed by atoms with Crippen LogP contribution in [0.2, 0.25) is 0 Å². The summed E-state index contributed by atoms with van der Waals surface area (Å²) in [4.78, 5) is 12.6. The molecule has 0 atom stereocenters. The Balaban J connectivity index is 1.79. The van der Waals surface area contributed by atoms with Gasteiger partial charge in [0, 0.05) is 5.69 Å². The molecule has 1 N–H and O–H groups in total. The third kappa shape index (κ3) is 5.18. The molecule has 0 heterocycles. The average Bonchev–Trinajstić information content (AvgIpc) is 2.76. The number of rotatable bonds is 7. The molecule has 3 rings (SSSR count). The zero-order valence-electron chi connectivity index (χ0n) is 17.3. The fourth-order valence-electron chi connectivity index (χ4n) is 2.93. The largest absolute Gasteiger partial charge is 0.493 e. The maximum Gasteiger partial charge on any atom is 0.266 e. The molecular weight excluding hydrogens is 376 g/mol. The van der Waals surface area contributed by atoms with Gasteiger partial charge in [0.2, 0.25) is 0 Å². The standard InChI is InChI=1S/C25H24N2O3/c1-17(2)16-30-23-11-8-18(13-24(23)29-3)12-21(15-26)25(28)27-22-10-9-19-6-4-5-7-20(19)14-22/h4-14,17H,16H2,1-3H3,(H,27,28)/b21-12-. The summed E-state index contributed by atoms with van der Waals surface area (Å²) in [6.07, 6.45) is 1.53. The van der Waals surface area contributed by atoms with Gasteiger partial charge >= 0.3 is 0 Å². The molecule has 0 saturated carbocycles. The number of hydrogen-bond donors (Lipinski definition) is 1. The number of anilines is 1. The van der Waals surface area contributed by atoms with Gasteiger partial charge in [0.15, 0.2) is 11.5 Å². The molecule has 152 valence electrons. The Morgan fingerprint density at radius 3 is 2.53 bits per heavy atom. The van der Waals surface area contributed by atoms with Crippen molar-refractivity contribution >= 4 is 28.4 Å². The van der Waals surface area contributed by atoms with Crippen molar-refractivity contribution in [3.8, 4) is 17.6 Å². The normalized spacial score (nSPS) is 11.2.